The number of hydrogen-bond donors (Lipinski definition) is 1. The molecule has 7 heteroatoms. The van der Waals surface area contributed by atoms with Crippen molar-refractivity contribution < 1.29 is 4.39 Å². The lowest BCUT2D eigenvalue weighted by Gasteiger charge is -2.09. The molecule has 0 unspecified atom stereocenters. The standard InChI is InChI=1S/C10H9BrClFN4/c1-17-5-7(15-16-17)4-14-10-8(11)2-6(13)3-9(10)12/h2-3,5,14H,4H2,1H3. The molecule has 0 atom stereocenters. The Hall–Kier alpha value is -1.14. The molecule has 1 aromatic heterocycles. The van der Waals surface area contributed by atoms with E-state index >= 15 is 0 Å². The van der Waals surface area contributed by atoms with Gasteiger partial charge in [0.05, 0.1) is 17.3 Å². The van der Waals surface area contributed by atoms with Crippen LogP contribution in [0.1, 0.15) is 5.69 Å². The van der Waals surface area contributed by atoms with Crippen LogP contribution in [0.2, 0.25) is 5.02 Å². The summed E-state index contributed by atoms with van der Waals surface area (Å²) in [6, 6.07) is 2.61. The fourth-order valence-electron chi connectivity index (χ4n) is 1.37. The summed E-state index contributed by atoms with van der Waals surface area (Å²) in [4.78, 5) is 0. The summed E-state index contributed by atoms with van der Waals surface area (Å²) in [5, 5.41) is 11.1. The average Bonchev–Trinajstić information content (AvgIpc) is 2.62. The lowest BCUT2D eigenvalue weighted by Crippen LogP contribution is -2.01. The Labute approximate surface area is 111 Å². The van der Waals surface area contributed by atoms with E-state index in [2.05, 4.69) is 31.6 Å². The molecule has 90 valence electrons. The number of nitrogens with one attached hydrogen (secondary N) is 1. The van der Waals surface area contributed by atoms with E-state index in [1.165, 1.54) is 12.1 Å². The number of rotatable bonds is 3. The van der Waals surface area contributed by atoms with E-state index < -0.39 is 0 Å². The molecule has 0 bridgehead atoms. The number of benzene rings is 1. The number of halogens is 3. The van der Waals surface area contributed by atoms with E-state index in [-0.39, 0.29) is 5.82 Å². The van der Waals surface area contributed by atoms with Crippen LogP contribution in [0.15, 0.2) is 22.8 Å². The van der Waals surface area contributed by atoms with Gasteiger partial charge in [-0.05, 0) is 28.1 Å². The molecule has 0 aliphatic rings. The maximum absolute atomic E-state index is 13.0. The van der Waals surface area contributed by atoms with Crippen LogP contribution >= 0.6 is 27.5 Å². The molecule has 0 aliphatic carbocycles. The fraction of sp³-hybridized carbons (Fsp3) is 0.200. The molecule has 2 aromatic rings. The van der Waals surface area contributed by atoms with Gasteiger partial charge in [0.15, 0.2) is 0 Å². The molecule has 0 amide bonds. The molecule has 1 aromatic carbocycles. The number of hydrogen-bond acceptors (Lipinski definition) is 3. The summed E-state index contributed by atoms with van der Waals surface area (Å²) >= 11 is 9.18. The summed E-state index contributed by atoms with van der Waals surface area (Å²) in [7, 11) is 1.79. The van der Waals surface area contributed by atoms with Crippen LogP contribution in [0.3, 0.4) is 0 Å². The SMILES string of the molecule is Cn1cc(CNc2c(Cl)cc(F)cc2Br)nn1. The molecular formula is C10H9BrClFN4. The lowest BCUT2D eigenvalue weighted by atomic mass is 10.3. The molecule has 2 rings (SSSR count). The summed E-state index contributed by atoms with van der Waals surface area (Å²) in [6.45, 7) is 0.470. The van der Waals surface area contributed by atoms with Crippen molar-refractivity contribution in [3.63, 3.8) is 0 Å². The highest BCUT2D eigenvalue weighted by atomic mass is 79.9. The summed E-state index contributed by atoms with van der Waals surface area (Å²) in [5.41, 5.74) is 1.42. The van der Waals surface area contributed by atoms with Crippen LogP contribution in [0.25, 0.3) is 0 Å². The number of nitrogens with zero attached hydrogens (tertiary/aromatic N) is 3. The Morgan fingerprint density at radius 2 is 2.29 bits per heavy atom. The first-order valence-electron chi connectivity index (χ1n) is 4.80. The minimum Gasteiger partial charge on any atom is -0.377 e. The second kappa shape index (κ2) is 5.01. The summed E-state index contributed by atoms with van der Waals surface area (Å²) < 4.78 is 15.2. The highest BCUT2D eigenvalue weighted by Crippen LogP contribution is 2.31. The number of aromatic nitrogens is 3. The van der Waals surface area contributed by atoms with Crippen LogP contribution in [0.5, 0.6) is 0 Å². The molecular weight excluding hydrogens is 310 g/mol. The largest absolute Gasteiger partial charge is 0.377 e. The van der Waals surface area contributed by atoms with Crippen molar-refractivity contribution >= 4 is 33.2 Å². The molecule has 1 N–H and O–H groups in total. The Balaban J connectivity index is 2.14. The van der Waals surface area contributed by atoms with Crippen molar-refractivity contribution in [2.24, 2.45) is 7.05 Å². The van der Waals surface area contributed by atoms with Crippen molar-refractivity contribution in [3.05, 3.63) is 39.3 Å². The normalized spacial score (nSPS) is 10.6. The third-order valence-corrected chi connectivity index (χ3v) is 3.03. The fourth-order valence-corrected chi connectivity index (χ4v) is 2.33. The van der Waals surface area contributed by atoms with Gasteiger partial charge in [0.1, 0.15) is 11.5 Å². The van der Waals surface area contributed by atoms with Crippen molar-refractivity contribution in [1.82, 2.24) is 15.0 Å². The van der Waals surface area contributed by atoms with Crippen LogP contribution in [0.4, 0.5) is 10.1 Å². The first-order valence-corrected chi connectivity index (χ1v) is 5.97. The second-order valence-electron chi connectivity index (χ2n) is 3.48. The highest BCUT2D eigenvalue weighted by Gasteiger charge is 2.08. The van der Waals surface area contributed by atoms with E-state index in [1.807, 2.05) is 0 Å². The highest BCUT2D eigenvalue weighted by molar-refractivity contribution is 9.10. The van der Waals surface area contributed by atoms with Crippen molar-refractivity contribution in [2.75, 3.05) is 5.32 Å². The first-order chi connectivity index (χ1) is 8.06. The van der Waals surface area contributed by atoms with Gasteiger partial charge in [-0.3, -0.25) is 4.68 Å². The topological polar surface area (TPSA) is 42.7 Å². The van der Waals surface area contributed by atoms with Crippen LogP contribution < -0.4 is 5.32 Å². The van der Waals surface area contributed by atoms with Crippen molar-refractivity contribution in [3.8, 4) is 0 Å². The lowest BCUT2D eigenvalue weighted by molar-refractivity contribution is 0.627. The van der Waals surface area contributed by atoms with E-state index in [1.54, 1.807) is 17.9 Å². The second-order valence-corrected chi connectivity index (χ2v) is 4.74. The number of aryl methyl sites for hydroxylation is 1. The Bertz CT molecular complexity index is 520. The van der Waals surface area contributed by atoms with Gasteiger partial charge in [0.2, 0.25) is 0 Å². The Morgan fingerprint density at radius 1 is 1.53 bits per heavy atom. The predicted molar refractivity (Wildman–Crippen MR) is 67.4 cm³/mol. The number of anilines is 1. The van der Waals surface area contributed by atoms with Gasteiger partial charge < -0.3 is 5.32 Å². The van der Waals surface area contributed by atoms with E-state index in [0.29, 0.717) is 21.7 Å². The van der Waals surface area contributed by atoms with Gasteiger partial charge in [-0.2, -0.15) is 0 Å². The molecule has 0 saturated heterocycles. The van der Waals surface area contributed by atoms with Crippen molar-refractivity contribution in [1.29, 1.82) is 0 Å². The first kappa shape index (κ1) is 12.3. The van der Waals surface area contributed by atoms with Gasteiger partial charge in [0.25, 0.3) is 0 Å². The Morgan fingerprint density at radius 3 is 2.88 bits per heavy atom. The molecule has 0 saturated carbocycles. The van der Waals surface area contributed by atoms with Crippen LogP contribution in [-0.4, -0.2) is 15.0 Å². The maximum atomic E-state index is 13.0. The monoisotopic (exact) mass is 318 g/mol. The molecule has 0 radical (unpaired) electrons. The molecule has 1 heterocycles. The van der Waals surface area contributed by atoms with Gasteiger partial charge in [-0.25, -0.2) is 4.39 Å². The smallest absolute Gasteiger partial charge is 0.125 e. The zero-order valence-corrected chi connectivity index (χ0v) is 11.3. The minimum absolute atomic E-state index is 0.320. The van der Waals surface area contributed by atoms with E-state index in [9.17, 15) is 4.39 Å². The molecule has 0 spiro atoms. The molecule has 17 heavy (non-hydrogen) atoms. The predicted octanol–water partition coefficient (Wildman–Crippen LogP) is 2.98. The molecule has 0 fully saturated rings. The van der Waals surface area contributed by atoms with Gasteiger partial charge in [0, 0.05) is 17.7 Å². The van der Waals surface area contributed by atoms with Crippen molar-refractivity contribution in [2.45, 2.75) is 6.54 Å². The minimum atomic E-state index is -0.382. The van der Waals surface area contributed by atoms with Crippen LogP contribution in [-0.2, 0) is 13.6 Å². The average molecular weight is 320 g/mol. The zero-order valence-electron chi connectivity index (χ0n) is 8.91. The summed E-state index contributed by atoms with van der Waals surface area (Å²) in [5.74, 6) is -0.382. The zero-order chi connectivity index (χ0) is 12.4. The quantitative estimate of drug-likeness (QED) is 0.946. The van der Waals surface area contributed by atoms with E-state index in [4.69, 9.17) is 11.6 Å². The third-order valence-electron chi connectivity index (χ3n) is 2.10. The van der Waals surface area contributed by atoms with Gasteiger partial charge >= 0.3 is 0 Å². The molecule has 4 nitrogen and oxygen atoms in total. The Kier molecular flexibility index (Phi) is 3.63. The summed E-state index contributed by atoms with van der Waals surface area (Å²) in [6.07, 6.45) is 1.79. The van der Waals surface area contributed by atoms with Gasteiger partial charge in [-0.15, -0.1) is 5.10 Å². The van der Waals surface area contributed by atoms with Gasteiger partial charge in [-0.1, -0.05) is 16.8 Å². The van der Waals surface area contributed by atoms with E-state index in [0.717, 1.165) is 5.69 Å². The third kappa shape index (κ3) is 2.95. The maximum Gasteiger partial charge on any atom is 0.125 e. The molecule has 0 aliphatic heterocycles. The van der Waals surface area contributed by atoms with Crippen LogP contribution in [0, 0.1) is 5.82 Å².